The van der Waals surface area contributed by atoms with Crippen LogP contribution in [-0.4, -0.2) is 31.6 Å². The van der Waals surface area contributed by atoms with Gasteiger partial charge < -0.3 is 10.8 Å². The van der Waals surface area contributed by atoms with Crippen LogP contribution in [0.25, 0.3) is 11.2 Å². The highest BCUT2D eigenvalue weighted by Crippen LogP contribution is 2.04. The molecule has 0 aromatic carbocycles. The number of aliphatic hydroxyl groups excluding tert-OH is 1. The van der Waals surface area contributed by atoms with Gasteiger partial charge in [-0.2, -0.15) is 4.98 Å². The van der Waals surface area contributed by atoms with Crippen LogP contribution < -0.4 is 11.3 Å². The molecule has 0 aliphatic rings. The summed E-state index contributed by atoms with van der Waals surface area (Å²) in [6.07, 6.45) is 2.69. The normalized spacial score (nSPS) is 10.8. The Morgan fingerprint density at radius 2 is 2.25 bits per heavy atom. The molecule has 2 heterocycles. The first-order valence-electron chi connectivity index (χ1n) is 4.83. The van der Waals surface area contributed by atoms with Crippen LogP contribution in [0.15, 0.2) is 11.0 Å². The maximum Gasteiger partial charge on any atom is 0.280 e. The monoisotopic (exact) mass is 221 g/mol. The number of nitrogens with one attached hydrogen (secondary N) is 1. The SMILES string of the molecule is Nc1nc2ncc(CCCO)nc2c(=O)[nH]1. The Kier molecular flexibility index (Phi) is 2.78. The van der Waals surface area contributed by atoms with Gasteiger partial charge in [0.25, 0.3) is 5.56 Å². The first-order chi connectivity index (χ1) is 7.70. The van der Waals surface area contributed by atoms with Crippen molar-refractivity contribution in [2.24, 2.45) is 0 Å². The summed E-state index contributed by atoms with van der Waals surface area (Å²) in [5, 5.41) is 8.69. The lowest BCUT2D eigenvalue weighted by Gasteiger charge is -2.00. The summed E-state index contributed by atoms with van der Waals surface area (Å²) < 4.78 is 0. The van der Waals surface area contributed by atoms with Gasteiger partial charge in [-0.3, -0.25) is 9.78 Å². The van der Waals surface area contributed by atoms with Crippen molar-refractivity contribution in [3.05, 3.63) is 22.2 Å². The van der Waals surface area contributed by atoms with Gasteiger partial charge in [0.1, 0.15) is 0 Å². The van der Waals surface area contributed by atoms with E-state index >= 15 is 0 Å². The molecule has 84 valence electrons. The number of aromatic amines is 1. The van der Waals surface area contributed by atoms with Crippen LogP contribution >= 0.6 is 0 Å². The number of nitrogen functional groups attached to an aromatic ring is 1. The van der Waals surface area contributed by atoms with Crippen LogP contribution in [0.2, 0.25) is 0 Å². The van der Waals surface area contributed by atoms with Crippen molar-refractivity contribution in [3.63, 3.8) is 0 Å². The van der Waals surface area contributed by atoms with Gasteiger partial charge in [0.2, 0.25) is 5.95 Å². The number of rotatable bonds is 3. The molecule has 0 saturated carbocycles. The topological polar surface area (TPSA) is 118 Å². The van der Waals surface area contributed by atoms with E-state index in [9.17, 15) is 4.79 Å². The lowest BCUT2D eigenvalue weighted by atomic mass is 10.2. The van der Waals surface area contributed by atoms with E-state index in [1.165, 1.54) is 6.20 Å². The molecule has 7 nitrogen and oxygen atoms in total. The van der Waals surface area contributed by atoms with E-state index in [-0.39, 0.29) is 23.7 Å². The number of aryl methyl sites for hydroxylation is 1. The Morgan fingerprint density at radius 1 is 1.44 bits per heavy atom. The minimum atomic E-state index is -0.402. The minimum Gasteiger partial charge on any atom is -0.396 e. The van der Waals surface area contributed by atoms with Crippen LogP contribution in [0.5, 0.6) is 0 Å². The Bertz CT molecular complexity index is 565. The van der Waals surface area contributed by atoms with E-state index in [1.54, 1.807) is 0 Å². The molecule has 0 aliphatic carbocycles. The fraction of sp³-hybridized carbons (Fsp3) is 0.333. The smallest absolute Gasteiger partial charge is 0.280 e. The van der Waals surface area contributed by atoms with E-state index in [4.69, 9.17) is 10.8 Å². The molecule has 2 aromatic rings. The van der Waals surface area contributed by atoms with E-state index in [0.717, 1.165) is 0 Å². The third-order valence-corrected chi connectivity index (χ3v) is 2.08. The van der Waals surface area contributed by atoms with Crippen molar-refractivity contribution in [3.8, 4) is 0 Å². The maximum atomic E-state index is 11.5. The molecule has 16 heavy (non-hydrogen) atoms. The highest BCUT2D eigenvalue weighted by molar-refractivity contribution is 5.69. The number of nitrogens with zero attached hydrogens (tertiary/aromatic N) is 3. The fourth-order valence-corrected chi connectivity index (χ4v) is 1.35. The largest absolute Gasteiger partial charge is 0.396 e. The van der Waals surface area contributed by atoms with Crippen molar-refractivity contribution < 1.29 is 5.11 Å². The fourth-order valence-electron chi connectivity index (χ4n) is 1.35. The zero-order valence-electron chi connectivity index (χ0n) is 8.47. The van der Waals surface area contributed by atoms with Gasteiger partial charge in [0.05, 0.1) is 11.9 Å². The highest BCUT2D eigenvalue weighted by Gasteiger charge is 2.06. The third-order valence-electron chi connectivity index (χ3n) is 2.08. The van der Waals surface area contributed by atoms with Gasteiger partial charge in [-0.1, -0.05) is 0 Å². The first-order valence-corrected chi connectivity index (χ1v) is 4.83. The van der Waals surface area contributed by atoms with Crippen LogP contribution in [0.3, 0.4) is 0 Å². The van der Waals surface area contributed by atoms with Crippen LogP contribution in [0.1, 0.15) is 12.1 Å². The summed E-state index contributed by atoms with van der Waals surface area (Å²) in [6, 6.07) is 0. The van der Waals surface area contributed by atoms with Crippen molar-refractivity contribution in [2.75, 3.05) is 12.3 Å². The summed E-state index contributed by atoms with van der Waals surface area (Å²) in [5.74, 6) is 0.0231. The Hall–Kier alpha value is -2.02. The molecule has 0 bridgehead atoms. The third kappa shape index (κ3) is 1.98. The quantitative estimate of drug-likeness (QED) is 0.625. The Balaban J connectivity index is 2.49. The van der Waals surface area contributed by atoms with Crippen molar-refractivity contribution in [2.45, 2.75) is 12.8 Å². The molecule has 0 radical (unpaired) electrons. The Morgan fingerprint density at radius 3 is 3.00 bits per heavy atom. The van der Waals surface area contributed by atoms with E-state index in [2.05, 4.69) is 19.9 Å². The number of anilines is 1. The van der Waals surface area contributed by atoms with Gasteiger partial charge in [-0.05, 0) is 12.8 Å². The lowest BCUT2D eigenvalue weighted by molar-refractivity contribution is 0.288. The summed E-state index contributed by atoms with van der Waals surface area (Å²) in [7, 11) is 0. The van der Waals surface area contributed by atoms with Gasteiger partial charge >= 0.3 is 0 Å². The van der Waals surface area contributed by atoms with Crippen LogP contribution in [-0.2, 0) is 6.42 Å². The second-order valence-corrected chi connectivity index (χ2v) is 3.31. The van der Waals surface area contributed by atoms with Gasteiger partial charge in [-0.25, -0.2) is 9.97 Å². The molecule has 0 saturated heterocycles. The molecule has 4 N–H and O–H groups in total. The molecule has 7 heteroatoms. The second-order valence-electron chi connectivity index (χ2n) is 3.31. The zero-order chi connectivity index (χ0) is 11.5. The molecule has 0 fully saturated rings. The number of hydrogen-bond acceptors (Lipinski definition) is 6. The van der Waals surface area contributed by atoms with Gasteiger partial charge in [0, 0.05) is 6.61 Å². The first kappa shape index (κ1) is 10.5. The standard InChI is InChI=1S/C9H11N5O2/c10-9-13-7-6(8(16)14-9)12-5(4-11-7)2-1-3-15/h4,15H,1-3H2,(H3,10,11,13,14,16). The van der Waals surface area contributed by atoms with Gasteiger partial charge in [0.15, 0.2) is 11.2 Å². The number of aliphatic hydroxyl groups is 1. The molecule has 2 rings (SSSR count). The maximum absolute atomic E-state index is 11.5. The van der Waals surface area contributed by atoms with Gasteiger partial charge in [-0.15, -0.1) is 0 Å². The van der Waals surface area contributed by atoms with Crippen molar-refractivity contribution in [1.82, 2.24) is 19.9 Å². The van der Waals surface area contributed by atoms with Crippen molar-refractivity contribution in [1.29, 1.82) is 0 Å². The number of aromatic nitrogens is 4. The average molecular weight is 221 g/mol. The molecular weight excluding hydrogens is 210 g/mol. The molecule has 0 aliphatic heterocycles. The summed E-state index contributed by atoms with van der Waals surface area (Å²) in [4.78, 5) is 25.8. The zero-order valence-corrected chi connectivity index (χ0v) is 8.47. The number of fused-ring (bicyclic) bond motifs is 1. The number of nitrogens with two attached hydrogens (primary N) is 1. The van der Waals surface area contributed by atoms with E-state index < -0.39 is 5.56 Å². The predicted octanol–water partition coefficient (Wildman–Crippen LogP) is -0.780. The van der Waals surface area contributed by atoms with E-state index in [0.29, 0.717) is 18.5 Å². The summed E-state index contributed by atoms with van der Waals surface area (Å²) in [5.41, 5.74) is 6.03. The summed E-state index contributed by atoms with van der Waals surface area (Å²) in [6.45, 7) is 0.0794. The van der Waals surface area contributed by atoms with Crippen LogP contribution in [0.4, 0.5) is 5.95 Å². The minimum absolute atomic E-state index is 0.0231. The molecule has 0 unspecified atom stereocenters. The molecule has 0 amide bonds. The molecule has 0 spiro atoms. The number of hydrogen-bond donors (Lipinski definition) is 3. The lowest BCUT2D eigenvalue weighted by Crippen LogP contribution is -2.14. The second kappa shape index (κ2) is 4.23. The summed E-state index contributed by atoms with van der Waals surface area (Å²) >= 11 is 0. The predicted molar refractivity (Wildman–Crippen MR) is 57.8 cm³/mol. The molecule has 0 atom stereocenters. The average Bonchev–Trinajstić information content (AvgIpc) is 2.26. The molecular formula is C9H11N5O2. The highest BCUT2D eigenvalue weighted by atomic mass is 16.2. The van der Waals surface area contributed by atoms with Crippen molar-refractivity contribution >= 4 is 17.1 Å². The van der Waals surface area contributed by atoms with E-state index in [1.807, 2.05) is 0 Å². The molecule has 2 aromatic heterocycles. The van der Waals surface area contributed by atoms with Crippen LogP contribution in [0, 0.1) is 0 Å². The Labute approximate surface area is 90.4 Å². The number of H-pyrrole nitrogens is 1.